The molecule has 0 bridgehead atoms. The van der Waals surface area contributed by atoms with Crippen LogP contribution >= 0.6 is 8.03 Å². The second kappa shape index (κ2) is 14.6. The van der Waals surface area contributed by atoms with Gasteiger partial charge in [-0.2, -0.15) is 4.89 Å². The van der Waals surface area contributed by atoms with Gasteiger partial charge in [-0.05, 0) is 47.8 Å². The molecule has 270 valence electrons. The van der Waals surface area contributed by atoms with E-state index in [4.69, 9.17) is 19.2 Å². The Morgan fingerprint density at radius 2 is 1.82 bits per heavy atom. The van der Waals surface area contributed by atoms with Gasteiger partial charge in [0.15, 0.2) is 0 Å². The van der Waals surface area contributed by atoms with Crippen LogP contribution in [-0.4, -0.2) is 75.9 Å². The van der Waals surface area contributed by atoms with Crippen LogP contribution in [0.5, 0.6) is 11.5 Å². The molecule has 3 aliphatic rings. The van der Waals surface area contributed by atoms with Crippen LogP contribution in [0.4, 0.5) is 4.79 Å². The van der Waals surface area contributed by atoms with Crippen molar-refractivity contribution in [1.29, 1.82) is 0 Å². The lowest BCUT2D eigenvalue weighted by Crippen LogP contribution is -2.58. The lowest BCUT2D eigenvalue weighted by atomic mass is 9.85. The van der Waals surface area contributed by atoms with Gasteiger partial charge in [0.1, 0.15) is 35.8 Å². The predicted molar refractivity (Wildman–Crippen MR) is 192 cm³/mol. The normalized spacial score (nSPS) is 24.1. The fourth-order valence-corrected chi connectivity index (χ4v) is 8.05. The van der Waals surface area contributed by atoms with E-state index in [2.05, 4.69) is 17.2 Å². The topological polar surface area (TPSA) is 156 Å². The molecule has 1 saturated heterocycles. The summed E-state index contributed by atoms with van der Waals surface area (Å²) in [6.07, 6.45) is 3.89. The van der Waals surface area contributed by atoms with E-state index in [-0.39, 0.29) is 31.4 Å². The van der Waals surface area contributed by atoms with E-state index in [1.54, 1.807) is 13.2 Å². The van der Waals surface area contributed by atoms with Crippen molar-refractivity contribution < 1.29 is 38.1 Å². The first-order valence-corrected chi connectivity index (χ1v) is 18.6. The molecule has 2 saturated carbocycles. The summed E-state index contributed by atoms with van der Waals surface area (Å²) in [5, 5.41) is 4.95. The van der Waals surface area contributed by atoms with Crippen LogP contribution in [0, 0.1) is 11.3 Å². The molecule has 1 aromatic heterocycles. The molecule has 2 heterocycles. The number of nitrogens with zero attached hydrogens (tertiary/aromatic N) is 2. The molecule has 6 atom stereocenters. The number of amides is 3. The van der Waals surface area contributed by atoms with E-state index >= 15 is 0 Å². The first-order valence-electron chi connectivity index (χ1n) is 17.4. The highest BCUT2D eigenvalue weighted by Crippen LogP contribution is 2.58. The van der Waals surface area contributed by atoms with Crippen LogP contribution in [-0.2, 0) is 18.9 Å². The molecule has 12 nitrogen and oxygen atoms in total. The fraction of sp³-hybridized carbons (Fsp3) is 0.474. The van der Waals surface area contributed by atoms with E-state index in [0.717, 1.165) is 31.2 Å². The summed E-state index contributed by atoms with van der Waals surface area (Å²) in [5.74, 6) is -0.300. The molecule has 0 radical (unpaired) electrons. The number of methoxy groups -OCH3 is 1. The highest BCUT2D eigenvalue weighted by molar-refractivity contribution is 7.40. The van der Waals surface area contributed by atoms with E-state index in [0.29, 0.717) is 28.1 Å². The number of benzene rings is 2. The minimum Gasteiger partial charge on any atom is -0.497 e. The van der Waals surface area contributed by atoms with Crippen molar-refractivity contribution >= 4 is 36.8 Å². The van der Waals surface area contributed by atoms with Crippen molar-refractivity contribution in [2.75, 3.05) is 13.7 Å². The number of alkyl carbamates (subject to hydrolysis) is 1. The Hall–Kier alpha value is -4.54. The second-order valence-electron chi connectivity index (χ2n) is 14.7. The van der Waals surface area contributed by atoms with Gasteiger partial charge in [0.05, 0.1) is 30.8 Å². The molecule has 3 aromatic rings. The molecule has 6 rings (SSSR count). The van der Waals surface area contributed by atoms with E-state index < -0.39 is 54.8 Å². The summed E-state index contributed by atoms with van der Waals surface area (Å²) in [6, 6.07) is 14.9. The smallest absolute Gasteiger partial charge is 0.497 e. The van der Waals surface area contributed by atoms with Gasteiger partial charge in [0, 0.05) is 35.9 Å². The summed E-state index contributed by atoms with van der Waals surface area (Å²) in [6.45, 7) is 9.26. The number of pyridine rings is 1. The number of carbonyl (C=O) groups is 3. The number of aromatic nitrogens is 1. The Kier molecular flexibility index (Phi) is 10.4. The third-order valence-corrected chi connectivity index (χ3v) is 11.4. The number of hydrogen-bond donors (Lipinski definition) is 3. The molecule has 3 N–H and O–H groups in total. The van der Waals surface area contributed by atoms with Crippen molar-refractivity contribution in [3.8, 4) is 22.8 Å². The molecular formula is C38H46N4O8P+. The summed E-state index contributed by atoms with van der Waals surface area (Å²) in [4.78, 5) is 58.1. The second-order valence-corrected chi connectivity index (χ2v) is 16.1. The number of hydrogen-bond acceptors (Lipinski definition) is 8. The first-order chi connectivity index (χ1) is 24.3. The van der Waals surface area contributed by atoms with Gasteiger partial charge in [-0.3, -0.25) is 9.59 Å². The van der Waals surface area contributed by atoms with Gasteiger partial charge in [-0.15, -0.1) is 6.58 Å². The molecule has 13 heteroatoms. The number of likely N-dealkylation sites (tertiary alicyclic amines) is 1. The van der Waals surface area contributed by atoms with Crippen LogP contribution in [0.25, 0.3) is 22.2 Å². The van der Waals surface area contributed by atoms with Gasteiger partial charge in [0.25, 0.3) is 5.28 Å². The Labute approximate surface area is 298 Å². The highest BCUT2D eigenvalue weighted by atomic mass is 31.1. The monoisotopic (exact) mass is 717 g/mol. The molecule has 51 heavy (non-hydrogen) atoms. The van der Waals surface area contributed by atoms with Crippen LogP contribution in [0.2, 0.25) is 0 Å². The number of rotatable bonds is 11. The Bertz CT molecular complexity index is 1830. The number of nitrogens with one attached hydrogen (secondary N) is 2. The lowest BCUT2D eigenvalue weighted by Gasteiger charge is -2.35. The average Bonchev–Trinajstić information content (AvgIpc) is 3.37. The zero-order chi connectivity index (χ0) is 36.5. The van der Waals surface area contributed by atoms with Crippen molar-refractivity contribution in [3.05, 3.63) is 67.3 Å². The van der Waals surface area contributed by atoms with Gasteiger partial charge in [0.2, 0.25) is 11.8 Å². The minimum atomic E-state index is -2.78. The zero-order valence-electron chi connectivity index (χ0n) is 29.5. The summed E-state index contributed by atoms with van der Waals surface area (Å²) in [7, 11) is -1.20. The SMILES string of the molecule is C=C[C@@H]1C[C@]1(NC(=O)[C@@H]1C[C@@H](Oc2cc(-c3ccccc3)nc3cc(OC)ccc23)CN1C(=O)[C@@H](NC(=O)OC1CCCC1)C(C)(C)C)[P+](=O)O. The van der Waals surface area contributed by atoms with Crippen molar-refractivity contribution in [1.82, 2.24) is 20.5 Å². The maximum absolute atomic E-state index is 14.5. The van der Waals surface area contributed by atoms with Crippen molar-refractivity contribution in [2.24, 2.45) is 11.3 Å². The van der Waals surface area contributed by atoms with Crippen LogP contribution < -0.4 is 20.1 Å². The standard InChI is InChI=1S/C38H45N4O8P/c1-6-24-21-38(24,51(46)47)41-34(43)31-19-27(22-42(31)35(44)33(37(2,3)4)40-36(45)50-25-14-10-11-15-25)49-32-20-29(23-12-8-7-9-13-23)39-30-18-26(48-5)16-17-28(30)32/h6-9,12-13,16-18,20,24-25,27,31,33H,1,10-11,14-15,19,21-22H2,2-5H3,(H2-,40,41,43,45,46,47)/p+1/t24-,27-,31+,33-,38+/m1/s1. The minimum absolute atomic E-state index is 0.0205. The summed E-state index contributed by atoms with van der Waals surface area (Å²) < 4.78 is 30.2. The van der Waals surface area contributed by atoms with Crippen LogP contribution in [0.15, 0.2) is 67.3 Å². The summed E-state index contributed by atoms with van der Waals surface area (Å²) >= 11 is 0. The highest BCUT2D eigenvalue weighted by Gasteiger charge is 2.70. The van der Waals surface area contributed by atoms with Gasteiger partial charge >= 0.3 is 14.1 Å². The predicted octanol–water partition coefficient (Wildman–Crippen LogP) is 6.10. The van der Waals surface area contributed by atoms with Gasteiger partial charge in [-0.25, -0.2) is 9.78 Å². The molecule has 3 fully saturated rings. The van der Waals surface area contributed by atoms with E-state index in [9.17, 15) is 23.8 Å². The molecule has 0 spiro atoms. The van der Waals surface area contributed by atoms with E-state index in [1.165, 1.54) is 4.90 Å². The van der Waals surface area contributed by atoms with E-state index in [1.807, 2.05) is 75.4 Å². The summed E-state index contributed by atoms with van der Waals surface area (Å²) in [5.41, 5.74) is 1.43. The Balaban J connectivity index is 1.32. The third kappa shape index (κ3) is 7.72. The third-order valence-electron chi connectivity index (χ3n) is 10.1. The van der Waals surface area contributed by atoms with Crippen LogP contribution in [0.1, 0.15) is 59.3 Å². The lowest BCUT2D eigenvalue weighted by molar-refractivity contribution is -0.142. The van der Waals surface area contributed by atoms with Crippen LogP contribution in [0.3, 0.4) is 0 Å². The van der Waals surface area contributed by atoms with Crippen molar-refractivity contribution in [3.63, 3.8) is 0 Å². The number of ether oxygens (including phenoxy) is 3. The quantitative estimate of drug-likeness (QED) is 0.158. The Morgan fingerprint density at radius 1 is 1.10 bits per heavy atom. The molecule has 1 unspecified atom stereocenters. The molecular weight excluding hydrogens is 671 g/mol. The fourth-order valence-electron chi connectivity index (χ4n) is 7.10. The molecule has 2 aliphatic carbocycles. The maximum atomic E-state index is 14.5. The zero-order valence-corrected chi connectivity index (χ0v) is 30.4. The van der Waals surface area contributed by atoms with Gasteiger partial charge in [-0.1, -0.05) is 57.2 Å². The average molecular weight is 718 g/mol. The van der Waals surface area contributed by atoms with Crippen molar-refractivity contribution in [2.45, 2.75) is 88.9 Å². The van der Waals surface area contributed by atoms with Gasteiger partial charge < -0.3 is 29.7 Å². The first kappa shape index (κ1) is 36.3. The maximum Gasteiger partial charge on any atom is 0.534 e. The number of fused-ring (bicyclic) bond motifs is 1. The molecule has 3 amide bonds. The molecule has 1 aliphatic heterocycles. The largest absolute Gasteiger partial charge is 0.534 e. The Morgan fingerprint density at radius 3 is 2.45 bits per heavy atom. The number of carbonyl (C=O) groups excluding carboxylic acids is 3. The molecule has 2 aromatic carbocycles.